The van der Waals surface area contributed by atoms with E-state index in [9.17, 15) is 9.59 Å². The number of nitriles is 1. The van der Waals surface area contributed by atoms with Crippen LogP contribution in [0.15, 0.2) is 83.2 Å². The molecule has 3 rings (SSSR count). The number of carbonyl (C=O) groups is 2. The summed E-state index contributed by atoms with van der Waals surface area (Å²) in [7, 11) is 0. The van der Waals surface area contributed by atoms with Crippen LogP contribution in [0.4, 0.5) is 0 Å². The lowest BCUT2D eigenvalue weighted by molar-refractivity contribution is -0.139. The first-order valence-corrected chi connectivity index (χ1v) is 11.1. The first kappa shape index (κ1) is 24.5. The monoisotopic (exact) mass is 456 g/mol. The van der Waals surface area contributed by atoms with E-state index in [1.165, 1.54) is 0 Å². The van der Waals surface area contributed by atoms with Gasteiger partial charge in [-0.1, -0.05) is 66.2 Å². The van der Waals surface area contributed by atoms with Gasteiger partial charge in [0.15, 0.2) is 0 Å². The van der Waals surface area contributed by atoms with E-state index in [1.807, 2.05) is 73.7 Å². The lowest BCUT2D eigenvalue weighted by atomic mass is 9.80. The molecule has 0 saturated heterocycles. The number of benzene rings is 2. The van der Waals surface area contributed by atoms with Crippen molar-refractivity contribution in [1.29, 1.82) is 5.26 Å². The largest absolute Gasteiger partial charge is 0.461 e. The van der Waals surface area contributed by atoms with Gasteiger partial charge in [-0.15, -0.1) is 0 Å². The van der Waals surface area contributed by atoms with E-state index in [-0.39, 0.29) is 19.6 Å². The zero-order chi connectivity index (χ0) is 24.5. The molecule has 0 radical (unpaired) electrons. The zero-order valence-electron chi connectivity index (χ0n) is 19.6. The molecule has 6 heteroatoms. The van der Waals surface area contributed by atoms with Crippen molar-refractivity contribution in [3.8, 4) is 6.07 Å². The standard InChI is InChI=1S/C28H28N2O4/c1-19-12-14-23(15-13-19)26-24(27(31)33-17-7-11-22-9-5-4-6-10-22)20(2)30-21(3)25(26)28(32)34-18-8-16-29/h4-7,9-15,26,30H,8,17-18H2,1-3H3. The van der Waals surface area contributed by atoms with Crippen LogP contribution in [0.2, 0.25) is 0 Å². The molecule has 0 saturated carbocycles. The van der Waals surface area contributed by atoms with Crippen LogP contribution in [-0.2, 0) is 19.1 Å². The van der Waals surface area contributed by atoms with E-state index in [0.29, 0.717) is 22.5 Å². The summed E-state index contributed by atoms with van der Waals surface area (Å²) < 4.78 is 10.9. The number of esters is 2. The van der Waals surface area contributed by atoms with Crippen LogP contribution in [0.1, 0.15) is 42.9 Å². The number of allylic oxidation sites excluding steroid dienone is 2. The second-order valence-electron chi connectivity index (χ2n) is 8.00. The first-order valence-electron chi connectivity index (χ1n) is 11.1. The summed E-state index contributed by atoms with van der Waals surface area (Å²) in [6.07, 6.45) is 3.75. The quantitative estimate of drug-likeness (QED) is 0.447. The molecule has 0 aromatic heterocycles. The molecule has 0 spiro atoms. The van der Waals surface area contributed by atoms with Crippen molar-refractivity contribution in [1.82, 2.24) is 5.32 Å². The number of nitrogens with zero attached hydrogens (tertiary/aromatic N) is 1. The zero-order valence-corrected chi connectivity index (χ0v) is 19.6. The van der Waals surface area contributed by atoms with Crippen molar-refractivity contribution in [3.63, 3.8) is 0 Å². The van der Waals surface area contributed by atoms with Gasteiger partial charge in [-0.2, -0.15) is 5.26 Å². The molecule has 1 aliphatic rings. The lowest BCUT2D eigenvalue weighted by Gasteiger charge is -2.30. The summed E-state index contributed by atoms with van der Waals surface area (Å²) in [4.78, 5) is 26.2. The number of nitrogens with one attached hydrogen (secondary N) is 1. The molecule has 2 aromatic rings. The molecule has 1 heterocycles. The number of hydrogen-bond donors (Lipinski definition) is 1. The SMILES string of the molecule is CC1=C(C(=O)OCC=Cc2ccccc2)C(c2ccc(C)cc2)C(C(=O)OCCC#N)=C(C)N1. The Balaban J connectivity index is 1.88. The molecule has 174 valence electrons. The van der Waals surface area contributed by atoms with Crippen LogP contribution in [0, 0.1) is 18.3 Å². The van der Waals surface area contributed by atoms with Gasteiger partial charge in [0.1, 0.15) is 13.2 Å². The Bertz CT molecular complexity index is 1170. The molecule has 0 amide bonds. The predicted molar refractivity (Wildman–Crippen MR) is 130 cm³/mol. The van der Waals surface area contributed by atoms with Crippen LogP contribution < -0.4 is 5.32 Å². The molecule has 34 heavy (non-hydrogen) atoms. The topological polar surface area (TPSA) is 88.4 Å². The second-order valence-corrected chi connectivity index (χ2v) is 8.00. The molecule has 0 bridgehead atoms. The predicted octanol–water partition coefficient (Wildman–Crippen LogP) is 4.94. The van der Waals surface area contributed by atoms with Gasteiger partial charge in [-0.3, -0.25) is 0 Å². The Kier molecular flexibility index (Phi) is 8.42. The van der Waals surface area contributed by atoms with E-state index in [1.54, 1.807) is 19.9 Å². The van der Waals surface area contributed by atoms with Crippen LogP contribution >= 0.6 is 0 Å². The van der Waals surface area contributed by atoms with Gasteiger partial charge >= 0.3 is 11.9 Å². The fourth-order valence-corrected chi connectivity index (χ4v) is 3.84. The van der Waals surface area contributed by atoms with Gasteiger partial charge in [-0.05, 0) is 38.0 Å². The Hall–Kier alpha value is -4.11. The Morgan fingerprint density at radius 1 is 0.941 bits per heavy atom. The van der Waals surface area contributed by atoms with Gasteiger partial charge in [0, 0.05) is 11.4 Å². The molecular weight excluding hydrogens is 428 g/mol. The molecule has 1 atom stereocenters. The molecule has 0 aliphatic carbocycles. The van der Waals surface area contributed by atoms with E-state index >= 15 is 0 Å². The highest BCUT2D eigenvalue weighted by Crippen LogP contribution is 2.39. The highest BCUT2D eigenvalue weighted by atomic mass is 16.5. The fourth-order valence-electron chi connectivity index (χ4n) is 3.84. The van der Waals surface area contributed by atoms with Crippen molar-refractivity contribution in [2.45, 2.75) is 33.1 Å². The van der Waals surface area contributed by atoms with Crippen molar-refractivity contribution in [2.75, 3.05) is 13.2 Å². The Morgan fingerprint density at radius 3 is 2.18 bits per heavy atom. The summed E-state index contributed by atoms with van der Waals surface area (Å²) in [5.41, 5.74) is 4.76. The van der Waals surface area contributed by atoms with Crippen LogP contribution in [0.25, 0.3) is 6.08 Å². The lowest BCUT2D eigenvalue weighted by Crippen LogP contribution is -2.32. The van der Waals surface area contributed by atoms with Gasteiger partial charge in [0.25, 0.3) is 0 Å². The van der Waals surface area contributed by atoms with Gasteiger partial charge in [-0.25, -0.2) is 9.59 Å². The van der Waals surface area contributed by atoms with E-state index in [2.05, 4.69) is 5.32 Å². The average Bonchev–Trinajstić information content (AvgIpc) is 2.82. The maximum absolute atomic E-state index is 13.2. The normalized spacial score (nSPS) is 15.6. The number of dihydropyridines is 1. The summed E-state index contributed by atoms with van der Waals surface area (Å²) >= 11 is 0. The van der Waals surface area contributed by atoms with Gasteiger partial charge < -0.3 is 14.8 Å². The minimum absolute atomic E-state index is 0.0144. The molecule has 1 N–H and O–H groups in total. The van der Waals surface area contributed by atoms with E-state index < -0.39 is 17.9 Å². The summed E-state index contributed by atoms with van der Waals surface area (Å²) in [6.45, 7) is 5.62. The number of rotatable bonds is 8. The maximum Gasteiger partial charge on any atom is 0.337 e. The van der Waals surface area contributed by atoms with Crippen molar-refractivity contribution in [3.05, 3.63) is 99.9 Å². The fraction of sp³-hybridized carbons (Fsp3) is 0.250. The van der Waals surface area contributed by atoms with Gasteiger partial charge in [0.05, 0.1) is 29.6 Å². The van der Waals surface area contributed by atoms with Crippen molar-refractivity contribution < 1.29 is 19.1 Å². The Morgan fingerprint density at radius 2 is 1.56 bits per heavy atom. The van der Waals surface area contributed by atoms with Crippen LogP contribution in [0.3, 0.4) is 0 Å². The minimum Gasteiger partial charge on any atom is -0.461 e. The molecule has 1 unspecified atom stereocenters. The summed E-state index contributed by atoms with van der Waals surface area (Å²) in [5.74, 6) is -1.72. The molecule has 1 aliphatic heterocycles. The number of aryl methyl sites for hydroxylation is 1. The number of carbonyl (C=O) groups excluding carboxylic acids is 2. The molecule has 2 aromatic carbocycles. The highest BCUT2D eigenvalue weighted by Gasteiger charge is 2.37. The highest BCUT2D eigenvalue weighted by molar-refractivity contribution is 6.00. The smallest absolute Gasteiger partial charge is 0.337 e. The summed E-state index contributed by atoms with van der Waals surface area (Å²) in [5, 5.41) is 11.9. The third-order valence-corrected chi connectivity index (χ3v) is 5.48. The van der Waals surface area contributed by atoms with Crippen LogP contribution in [-0.4, -0.2) is 25.2 Å². The average molecular weight is 457 g/mol. The molecule has 0 fully saturated rings. The molecular formula is C28H28N2O4. The van der Waals surface area contributed by atoms with E-state index in [0.717, 1.165) is 16.7 Å². The molecule has 6 nitrogen and oxygen atoms in total. The number of ether oxygens (including phenoxy) is 2. The maximum atomic E-state index is 13.2. The van der Waals surface area contributed by atoms with E-state index in [4.69, 9.17) is 14.7 Å². The third-order valence-electron chi connectivity index (χ3n) is 5.48. The van der Waals surface area contributed by atoms with Gasteiger partial charge in [0.2, 0.25) is 0 Å². The first-order chi connectivity index (χ1) is 16.4. The summed E-state index contributed by atoms with van der Waals surface area (Å²) in [6, 6.07) is 19.4. The third kappa shape index (κ3) is 6.02. The number of hydrogen-bond acceptors (Lipinski definition) is 6. The van der Waals surface area contributed by atoms with Crippen molar-refractivity contribution >= 4 is 18.0 Å². The second kappa shape index (κ2) is 11.7. The minimum atomic E-state index is -0.651. The van der Waals surface area contributed by atoms with Crippen molar-refractivity contribution in [2.24, 2.45) is 0 Å². The Labute approximate surface area is 200 Å². The van der Waals surface area contributed by atoms with Crippen LogP contribution in [0.5, 0.6) is 0 Å².